The minimum absolute atomic E-state index is 0.145. The molecule has 2 aromatic carbocycles. The average molecular weight is 362 g/mol. The fourth-order valence-electron chi connectivity index (χ4n) is 3.13. The van der Waals surface area contributed by atoms with Crippen LogP contribution in [0, 0.1) is 15.3 Å². The number of nitro groups is 1. The summed E-state index contributed by atoms with van der Waals surface area (Å²) in [4.78, 5) is 10.5. The summed E-state index contributed by atoms with van der Waals surface area (Å²) < 4.78 is 0.694. The smallest absolute Gasteiger partial charge is 0.274 e. The van der Waals surface area contributed by atoms with Gasteiger partial charge in [-0.3, -0.25) is 10.1 Å². The second-order valence-electron chi connectivity index (χ2n) is 6.04. The predicted octanol–water partition coefficient (Wildman–Crippen LogP) is 3.51. The highest BCUT2D eigenvalue weighted by molar-refractivity contribution is 6.30. The normalized spacial score (nSPS) is 23.9. The van der Waals surface area contributed by atoms with Gasteiger partial charge in [-0.25, -0.2) is 0 Å². The first-order chi connectivity index (χ1) is 11.8. The van der Waals surface area contributed by atoms with Gasteiger partial charge in [-0.15, -0.1) is 5.06 Å². The molecular formula is C17H16ClN3O4. The van der Waals surface area contributed by atoms with E-state index in [1.165, 1.54) is 25.1 Å². The second-order valence-corrected chi connectivity index (χ2v) is 6.47. The third-order valence-corrected chi connectivity index (χ3v) is 4.82. The van der Waals surface area contributed by atoms with E-state index < -0.39 is 16.6 Å². The van der Waals surface area contributed by atoms with Crippen LogP contribution in [0.15, 0.2) is 48.5 Å². The van der Waals surface area contributed by atoms with Gasteiger partial charge in [0, 0.05) is 35.2 Å². The SMILES string of the molecule is CC1C(c2ccc(Cl)cc2)=[N+]([O-])C(C)(c2cccc([N+](=O)[O-])c2)N1O. The van der Waals surface area contributed by atoms with Gasteiger partial charge in [0.1, 0.15) is 6.04 Å². The maximum Gasteiger partial charge on any atom is 0.274 e. The Kier molecular flexibility index (Phi) is 4.24. The molecule has 1 aliphatic rings. The highest BCUT2D eigenvalue weighted by Crippen LogP contribution is 2.37. The van der Waals surface area contributed by atoms with E-state index in [2.05, 4.69) is 0 Å². The molecular weight excluding hydrogens is 346 g/mol. The molecule has 2 aromatic rings. The van der Waals surface area contributed by atoms with E-state index in [9.17, 15) is 20.5 Å². The van der Waals surface area contributed by atoms with Gasteiger partial charge in [-0.2, -0.15) is 4.74 Å². The molecule has 0 radical (unpaired) electrons. The van der Waals surface area contributed by atoms with Gasteiger partial charge < -0.3 is 10.4 Å². The number of halogens is 1. The molecule has 0 saturated heterocycles. The van der Waals surface area contributed by atoms with Crippen LogP contribution in [0.3, 0.4) is 0 Å². The van der Waals surface area contributed by atoms with Crippen LogP contribution in [0.4, 0.5) is 5.69 Å². The van der Waals surface area contributed by atoms with Crippen molar-refractivity contribution in [2.24, 2.45) is 0 Å². The topological polar surface area (TPSA) is 92.7 Å². The van der Waals surface area contributed by atoms with Crippen molar-refractivity contribution < 1.29 is 14.9 Å². The van der Waals surface area contributed by atoms with Crippen molar-refractivity contribution in [1.29, 1.82) is 0 Å². The number of hydroxylamine groups is 3. The van der Waals surface area contributed by atoms with Crippen LogP contribution < -0.4 is 0 Å². The predicted molar refractivity (Wildman–Crippen MR) is 92.7 cm³/mol. The standard InChI is InChI=1S/C17H16ClN3O4/c1-11-16(12-6-8-14(18)9-7-12)20(23)17(2,19(11)22)13-4-3-5-15(10-13)21(24)25/h3-11,22H,1-2H3. The number of nitrogens with zero attached hydrogens (tertiary/aromatic N) is 3. The van der Waals surface area contributed by atoms with Gasteiger partial charge >= 0.3 is 0 Å². The zero-order valence-corrected chi connectivity index (χ0v) is 14.3. The van der Waals surface area contributed by atoms with Crippen molar-refractivity contribution >= 4 is 23.0 Å². The van der Waals surface area contributed by atoms with Crippen molar-refractivity contribution in [2.45, 2.75) is 25.6 Å². The van der Waals surface area contributed by atoms with E-state index in [1.54, 1.807) is 37.3 Å². The molecule has 0 saturated carbocycles. The van der Waals surface area contributed by atoms with Crippen LogP contribution in [-0.4, -0.2) is 31.7 Å². The lowest BCUT2D eigenvalue weighted by molar-refractivity contribution is -0.595. The fraction of sp³-hybridized carbons (Fsp3) is 0.235. The number of nitro benzene ring substituents is 1. The Bertz CT molecular complexity index is 868. The molecule has 2 atom stereocenters. The Morgan fingerprint density at radius 2 is 1.92 bits per heavy atom. The molecule has 25 heavy (non-hydrogen) atoms. The van der Waals surface area contributed by atoms with Gasteiger partial charge in [0.15, 0.2) is 0 Å². The quantitative estimate of drug-likeness (QED) is 0.391. The maximum atomic E-state index is 13.1. The molecule has 1 N–H and O–H groups in total. The van der Waals surface area contributed by atoms with E-state index in [1.807, 2.05) is 0 Å². The van der Waals surface area contributed by atoms with E-state index in [4.69, 9.17) is 11.6 Å². The fourth-order valence-corrected chi connectivity index (χ4v) is 3.26. The van der Waals surface area contributed by atoms with Gasteiger partial charge in [0.2, 0.25) is 5.71 Å². The van der Waals surface area contributed by atoms with Crippen LogP contribution in [0.25, 0.3) is 0 Å². The molecule has 130 valence electrons. The third-order valence-electron chi connectivity index (χ3n) is 4.57. The molecule has 0 aromatic heterocycles. The molecule has 0 fully saturated rings. The first kappa shape index (κ1) is 17.3. The molecule has 2 unspecified atom stereocenters. The summed E-state index contributed by atoms with van der Waals surface area (Å²) in [7, 11) is 0. The molecule has 0 amide bonds. The zero-order chi connectivity index (χ0) is 18.4. The Balaban J connectivity index is 2.16. The summed E-state index contributed by atoms with van der Waals surface area (Å²) in [6.07, 6.45) is 0. The summed E-state index contributed by atoms with van der Waals surface area (Å²) >= 11 is 5.89. The number of rotatable bonds is 3. The average Bonchev–Trinajstić information content (AvgIpc) is 2.78. The van der Waals surface area contributed by atoms with Crippen molar-refractivity contribution in [3.05, 3.63) is 80.0 Å². The van der Waals surface area contributed by atoms with E-state index in [0.717, 1.165) is 5.06 Å². The number of hydrogen-bond donors (Lipinski definition) is 1. The number of benzene rings is 2. The molecule has 1 aliphatic heterocycles. The minimum Gasteiger partial charge on any atom is -0.622 e. The maximum absolute atomic E-state index is 13.1. The van der Waals surface area contributed by atoms with Crippen molar-refractivity contribution in [3.8, 4) is 0 Å². The molecule has 7 nitrogen and oxygen atoms in total. The van der Waals surface area contributed by atoms with Gasteiger partial charge in [-0.05, 0) is 37.3 Å². The minimum atomic E-state index is -1.49. The molecule has 1 heterocycles. The van der Waals surface area contributed by atoms with Crippen molar-refractivity contribution in [3.63, 3.8) is 0 Å². The first-order valence-electron chi connectivity index (χ1n) is 7.60. The zero-order valence-electron chi connectivity index (χ0n) is 13.6. The molecule has 3 rings (SSSR count). The van der Waals surface area contributed by atoms with Crippen LogP contribution in [0.1, 0.15) is 25.0 Å². The molecule has 0 bridgehead atoms. The Morgan fingerprint density at radius 3 is 2.52 bits per heavy atom. The summed E-state index contributed by atoms with van der Waals surface area (Å²) in [6.45, 7) is 3.22. The third kappa shape index (κ3) is 2.66. The number of non-ortho nitro benzene ring substituents is 1. The lowest BCUT2D eigenvalue weighted by Crippen LogP contribution is -2.45. The highest BCUT2D eigenvalue weighted by Gasteiger charge is 2.54. The van der Waals surface area contributed by atoms with E-state index >= 15 is 0 Å². The second kappa shape index (κ2) is 6.11. The van der Waals surface area contributed by atoms with Gasteiger partial charge in [0.05, 0.1) is 4.92 Å². The first-order valence-corrected chi connectivity index (χ1v) is 7.98. The van der Waals surface area contributed by atoms with Crippen LogP contribution >= 0.6 is 11.6 Å². The van der Waals surface area contributed by atoms with E-state index in [-0.39, 0.29) is 5.69 Å². The van der Waals surface area contributed by atoms with Crippen molar-refractivity contribution in [1.82, 2.24) is 5.06 Å². The highest BCUT2D eigenvalue weighted by atomic mass is 35.5. The Morgan fingerprint density at radius 1 is 1.28 bits per heavy atom. The Hall–Kier alpha value is -2.48. The summed E-state index contributed by atoms with van der Waals surface area (Å²) in [5.74, 6) is 0. The van der Waals surface area contributed by atoms with Gasteiger partial charge in [0.25, 0.3) is 11.4 Å². The summed E-state index contributed by atoms with van der Waals surface area (Å²) in [5.41, 5.74) is -0.322. The molecule has 0 aliphatic carbocycles. The summed E-state index contributed by atoms with van der Waals surface area (Å²) in [5, 5.41) is 36.2. The van der Waals surface area contributed by atoms with Crippen LogP contribution in [-0.2, 0) is 5.66 Å². The largest absolute Gasteiger partial charge is 0.622 e. The molecule has 0 spiro atoms. The lowest BCUT2D eigenvalue weighted by Gasteiger charge is -2.29. The van der Waals surface area contributed by atoms with Crippen LogP contribution in [0.5, 0.6) is 0 Å². The van der Waals surface area contributed by atoms with Gasteiger partial charge in [-0.1, -0.05) is 17.7 Å². The van der Waals surface area contributed by atoms with E-state index in [0.29, 0.717) is 26.6 Å². The van der Waals surface area contributed by atoms with Crippen LogP contribution in [0.2, 0.25) is 5.02 Å². The summed E-state index contributed by atoms with van der Waals surface area (Å²) in [6, 6.07) is 11.8. The Labute approximate surface area is 149 Å². The lowest BCUT2D eigenvalue weighted by atomic mass is 10.0. The van der Waals surface area contributed by atoms with Crippen molar-refractivity contribution in [2.75, 3.05) is 0 Å². The number of hydrogen-bond acceptors (Lipinski definition) is 5. The monoisotopic (exact) mass is 361 g/mol. The molecule has 8 heteroatoms.